The molecule has 1 aromatic rings. The zero-order valence-electron chi connectivity index (χ0n) is 7.13. The standard InChI is InChI=1S/C10H11F2N/c11-7-2-1-3-8(12)10(7)6-4-5-9(6)13/h1-3,6,9H,4-5,13H2. The van der Waals surface area contributed by atoms with E-state index in [1.54, 1.807) is 0 Å². The van der Waals surface area contributed by atoms with Crippen molar-refractivity contribution in [3.63, 3.8) is 0 Å². The van der Waals surface area contributed by atoms with Gasteiger partial charge in [0.25, 0.3) is 0 Å². The summed E-state index contributed by atoms with van der Waals surface area (Å²) in [4.78, 5) is 0. The van der Waals surface area contributed by atoms with Crippen molar-refractivity contribution in [3.05, 3.63) is 35.4 Å². The van der Waals surface area contributed by atoms with E-state index < -0.39 is 11.6 Å². The highest BCUT2D eigenvalue weighted by Crippen LogP contribution is 2.37. The van der Waals surface area contributed by atoms with E-state index >= 15 is 0 Å². The number of hydrogen-bond donors (Lipinski definition) is 1. The van der Waals surface area contributed by atoms with Crippen molar-refractivity contribution >= 4 is 0 Å². The summed E-state index contributed by atoms with van der Waals surface area (Å²) in [6, 6.07) is 3.86. The molecule has 1 fully saturated rings. The Kier molecular flexibility index (Phi) is 2.04. The van der Waals surface area contributed by atoms with Gasteiger partial charge in [-0.25, -0.2) is 8.78 Å². The third kappa shape index (κ3) is 1.33. The molecule has 13 heavy (non-hydrogen) atoms. The van der Waals surface area contributed by atoms with E-state index in [1.165, 1.54) is 18.2 Å². The maximum atomic E-state index is 13.2. The molecule has 1 aromatic carbocycles. The van der Waals surface area contributed by atoms with Gasteiger partial charge in [-0.05, 0) is 25.0 Å². The topological polar surface area (TPSA) is 26.0 Å². The Morgan fingerprint density at radius 3 is 2.15 bits per heavy atom. The van der Waals surface area contributed by atoms with Crippen LogP contribution in [0.15, 0.2) is 18.2 Å². The third-order valence-electron chi connectivity index (χ3n) is 2.70. The van der Waals surface area contributed by atoms with Crippen LogP contribution in [0.1, 0.15) is 24.3 Å². The van der Waals surface area contributed by atoms with Gasteiger partial charge in [0, 0.05) is 17.5 Å². The summed E-state index contributed by atoms with van der Waals surface area (Å²) < 4.78 is 26.4. The number of benzene rings is 1. The normalized spacial score (nSPS) is 27.0. The average molecular weight is 183 g/mol. The molecule has 2 rings (SSSR count). The summed E-state index contributed by atoms with van der Waals surface area (Å²) in [6.07, 6.45) is 1.65. The Labute approximate surface area is 75.6 Å². The van der Waals surface area contributed by atoms with Crippen LogP contribution >= 0.6 is 0 Å². The molecule has 0 saturated heterocycles. The Hall–Kier alpha value is -0.960. The smallest absolute Gasteiger partial charge is 0.129 e. The molecular weight excluding hydrogens is 172 g/mol. The van der Waals surface area contributed by atoms with Crippen molar-refractivity contribution in [1.29, 1.82) is 0 Å². The van der Waals surface area contributed by atoms with Gasteiger partial charge in [-0.15, -0.1) is 0 Å². The fourth-order valence-corrected chi connectivity index (χ4v) is 1.75. The highest BCUT2D eigenvalue weighted by molar-refractivity contribution is 5.27. The van der Waals surface area contributed by atoms with Crippen LogP contribution in [0.3, 0.4) is 0 Å². The van der Waals surface area contributed by atoms with Crippen molar-refractivity contribution in [1.82, 2.24) is 0 Å². The van der Waals surface area contributed by atoms with Gasteiger partial charge in [0.05, 0.1) is 0 Å². The van der Waals surface area contributed by atoms with E-state index in [2.05, 4.69) is 0 Å². The van der Waals surface area contributed by atoms with Gasteiger partial charge in [-0.1, -0.05) is 6.07 Å². The SMILES string of the molecule is NC1CCC1c1c(F)cccc1F. The van der Waals surface area contributed by atoms with Crippen LogP contribution in [0.4, 0.5) is 8.78 Å². The second-order valence-electron chi connectivity index (χ2n) is 3.48. The molecular formula is C10H11F2N. The summed E-state index contributed by atoms with van der Waals surface area (Å²) in [6.45, 7) is 0. The molecule has 70 valence electrons. The van der Waals surface area contributed by atoms with Crippen LogP contribution in [0, 0.1) is 11.6 Å². The first-order valence-electron chi connectivity index (χ1n) is 4.39. The molecule has 2 N–H and O–H groups in total. The molecule has 0 heterocycles. The number of nitrogens with two attached hydrogens (primary N) is 1. The van der Waals surface area contributed by atoms with E-state index in [0.29, 0.717) is 0 Å². The number of hydrogen-bond acceptors (Lipinski definition) is 1. The number of halogens is 2. The molecule has 1 aliphatic rings. The summed E-state index contributed by atoms with van der Waals surface area (Å²) in [5.74, 6) is -1.07. The predicted molar refractivity (Wildman–Crippen MR) is 46.3 cm³/mol. The van der Waals surface area contributed by atoms with E-state index in [1.807, 2.05) is 0 Å². The second kappa shape index (κ2) is 3.07. The highest BCUT2D eigenvalue weighted by atomic mass is 19.1. The van der Waals surface area contributed by atoms with E-state index in [9.17, 15) is 8.78 Å². The van der Waals surface area contributed by atoms with Gasteiger partial charge in [0.2, 0.25) is 0 Å². The molecule has 2 unspecified atom stereocenters. The molecule has 1 saturated carbocycles. The molecule has 3 heteroatoms. The lowest BCUT2D eigenvalue weighted by molar-refractivity contribution is 0.326. The van der Waals surface area contributed by atoms with Crippen molar-refractivity contribution < 1.29 is 8.78 Å². The Balaban J connectivity index is 2.38. The molecule has 0 aliphatic heterocycles. The monoisotopic (exact) mass is 183 g/mol. The van der Waals surface area contributed by atoms with Crippen LogP contribution in [0.25, 0.3) is 0 Å². The molecule has 1 aliphatic carbocycles. The molecule has 0 aromatic heterocycles. The van der Waals surface area contributed by atoms with Crippen molar-refractivity contribution in [2.75, 3.05) is 0 Å². The maximum absolute atomic E-state index is 13.2. The zero-order chi connectivity index (χ0) is 9.42. The molecule has 0 amide bonds. The first-order chi connectivity index (χ1) is 6.20. The fraction of sp³-hybridized carbons (Fsp3) is 0.400. The van der Waals surface area contributed by atoms with Gasteiger partial charge >= 0.3 is 0 Å². The second-order valence-corrected chi connectivity index (χ2v) is 3.48. The summed E-state index contributed by atoms with van der Waals surface area (Å²) in [5.41, 5.74) is 5.83. The molecule has 2 atom stereocenters. The summed E-state index contributed by atoms with van der Waals surface area (Å²) in [5, 5.41) is 0. The molecule has 0 spiro atoms. The maximum Gasteiger partial charge on any atom is 0.129 e. The minimum Gasteiger partial charge on any atom is -0.327 e. The van der Waals surface area contributed by atoms with Crippen LogP contribution in [-0.4, -0.2) is 6.04 Å². The van der Waals surface area contributed by atoms with E-state index in [4.69, 9.17) is 5.73 Å². The van der Waals surface area contributed by atoms with Gasteiger partial charge in [0.15, 0.2) is 0 Å². The Bertz CT molecular complexity index is 304. The van der Waals surface area contributed by atoms with Crippen molar-refractivity contribution in [2.45, 2.75) is 24.8 Å². The van der Waals surface area contributed by atoms with Crippen LogP contribution < -0.4 is 5.73 Å². The highest BCUT2D eigenvalue weighted by Gasteiger charge is 2.32. The van der Waals surface area contributed by atoms with Crippen molar-refractivity contribution in [3.8, 4) is 0 Å². The van der Waals surface area contributed by atoms with E-state index in [-0.39, 0.29) is 17.5 Å². The Morgan fingerprint density at radius 1 is 1.15 bits per heavy atom. The fourth-order valence-electron chi connectivity index (χ4n) is 1.75. The first-order valence-corrected chi connectivity index (χ1v) is 4.39. The van der Waals surface area contributed by atoms with Gasteiger partial charge in [0.1, 0.15) is 11.6 Å². The molecule has 0 radical (unpaired) electrons. The first kappa shape index (κ1) is 8.63. The summed E-state index contributed by atoms with van der Waals surface area (Å²) >= 11 is 0. The summed E-state index contributed by atoms with van der Waals surface area (Å²) in [7, 11) is 0. The van der Waals surface area contributed by atoms with E-state index in [0.717, 1.165) is 12.8 Å². The van der Waals surface area contributed by atoms with Crippen LogP contribution in [0.5, 0.6) is 0 Å². The molecule has 0 bridgehead atoms. The van der Waals surface area contributed by atoms with Gasteiger partial charge in [-0.2, -0.15) is 0 Å². The largest absolute Gasteiger partial charge is 0.327 e. The lowest BCUT2D eigenvalue weighted by Gasteiger charge is -2.34. The van der Waals surface area contributed by atoms with Crippen molar-refractivity contribution in [2.24, 2.45) is 5.73 Å². The molecule has 1 nitrogen and oxygen atoms in total. The lowest BCUT2D eigenvalue weighted by atomic mass is 9.75. The third-order valence-corrected chi connectivity index (χ3v) is 2.70. The minimum atomic E-state index is -0.472. The van der Waals surface area contributed by atoms with Gasteiger partial charge in [-0.3, -0.25) is 0 Å². The lowest BCUT2D eigenvalue weighted by Crippen LogP contribution is -2.38. The average Bonchev–Trinajstić information content (AvgIpc) is 2.09. The van der Waals surface area contributed by atoms with Crippen LogP contribution in [0.2, 0.25) is 0 Å². The quantitative estimate of drug-likeness (QED) is 0.709. The predicted octanol–water partition coefficient (Wildman–Crippen LogP) is 2.17. The minimum absolute atomic E-state index is 0.0774. The number of rotatable bonds is 1. The van der Waals surface area contributed by atoms with Crippen LogP contribution in [-0.2, 0) is 0 Å². The Morgan fingerprint density at radius 2 is 1.77 bits per heavy atom. The van der Waals surface area contributed by atoms with Gasteiger partial charge < -0.3 is 5.73 Å². The zero-order valence-corrected chi connectivity index (χ0v) is 7.13.